The summed E-state index contributed by atoms with van der Waals surface area (Å²) >= 11 is 0. The lowest BCUT2D eigenvalue weighted by Gasteiger charge is -2.11. The summed E-state index contributed by atoms with van der Waals surface area (Å²) in [7, 11) is 0. The molecule has 0 saturated heterocycles. The largest absolute Gasteiger partial charge is 0.305 e. The van der Waals surface area contributed by atoms with Crippen LogP contribution in [0.15, 0.2) is 36.7 Å². The van der Waals surface area contributed by atoms with E-state index in [9.17, 15) is 13.6 Å². The third kappa shape index (κ3) is 3.62. The van der Waals surface area contributed by atoms with E-state index < -0.39 is 12.3 Å². The molecule has 0 aliphatic heterocycles. The van der Waals surface area contributed by atoms with Gasteiger partial charge in [-0.3, -0.25) is 14.5 Å². The van der Waals surface area contributed by atoms with Gasteiger partial charge in [-0.25, -0.2) is 13.8 Å². The number of benzene rings is 1. The second-order valence-electron chi connectivity index (χ2n) is 6.02. The van der Waals surface area contributed by atoms with E-state index in [1.165, 1.54) is 10.9 Å². The fourth-order valence-corrected chi connectivity index (χ4v) is 2.49. The van der Waals surface area contributed by atoms with E-state index in [0.29, 0.717) is 17.6 Å². The minimum absolute atomic E-state index is 0.125. The van der Waals surface area contributed by atoms with Gasteiger partial charge in [0, 0.05) is 6.54 Å². The lowest BCUT2D eigenvalue weighted by Crippen LogP contribution is -2.17. The Kier molecular flexibility index (Phi) is 4.69. The highest BCUT2D eigenvalue weighted by Crippen LogP contribution is 2.24. The Bertz CT molecular complexity index is 907. The van der Waals surface area contributed by atoms with Crippen molar-refractivity contribution in [1.82, 2.24) is 19.7 Å². The normalized spacial score (nSPS) is 11.4. The third-order valence-electron chi connectivity index (χ3n) is 3.56. The van der Waals surface area contributed by atoms with Crippen molar-refractivity contribution in [1.29, 1.82) is 0 Å². The van der Waals surface area contributed by atoms with Crippen molar-refractivity contribution in [2.45, 2.75) is 26.8 Å². The van der Waals surface area contributed by atoms with Gasteiger partial charge < -0.3 is 5.32 Å². The van der Waals surface area contributed by atoms with Gasteiger partial charge in [0.1, 0.15) is 5.69 Å². The smallest absolute Gasteiger partial charge is 0.280 e. The fourth-order valence-electron chi connectivity index (χ4n) is 2.49. The highest BCUT2D eigenvalue weighted by atomic mass is 19.3. The van der Waals surface area contributed by atoms with Gasteiger partial charge in [0.2, 0.25) is 0 Å². The third-order valence-corrected chi connectivity index (χ3v) is 3.56. The van der Waals surface area contributed by atoms with Crippen LogP contribution >= 0.6 is 0 Å². The van der Waals surface area contributed by atoms with Crippen LogP contribution in [0, 0.1) is 5.92 Å². The molecule has 25 heavy (non-hydrogen) atoms. The molecular formula is C17H17F2N5O. The average molecular weight is 345 g/mol. The number of rotatable bonds is 5. The second kappa shape index (κ2) is 6.92. The first kappa shape index (κ1) is 16.9. The number of nitrogens with zero attached hydrogens (tertiary/aromatic N) is 4. The average Bonchev–Trinajstić information content (AvgIpc) is 2.98. The maximum absolute atomic E-state index is 13.4. The molecule has 3 aromatic rings. The van der Waals surface area contributed by atoms with Gasteiger partial charge in [0.15, 0.2) is 5.82 Å². The number of carbonyl (C=O) groups excluding carboxylic acids is 1. The number of anilines is 1. The number of para-hydroxylation sites is 2. The molecule has 0 spiro atoms. The zero-order valence-electron chi connectivity index (χ0n) is 13.8. The summed E-state index contributed by atoms with van der Waals surface area (Å²) in [6.45, 7) is 4.09. The Morgan fingerprint density at radius 1 is 1.20 bits per heavy atom. The molecule has 130 valence electrons. The number of fused-ring (bicyclic) bond motifs is 1. The summed E-state index contributed by atoms with van der Waals surface area (Å²) < 4.78 is 28.0. The van der Waals surface area contributed by atoms with Crippen LogP contribution in [-0.2, 0) is 6.54 Å². The van der Waals surface area contributed by atoms with E-state index in [2.05, 4.69) is 20.4 Å². The first-order chi connectivity index (χ1) is 12.0. The van der Waals surface area contributed by atoms with E-state index in [4.69, 9.17) is 0 Å². The van der Waals surface area contributed by atoms with Crippen LogP contribution in [-0.4, -0.2) is 25.7 Å². The molecule has 0 aliphatic rings. The Morgan fingerprint density at radius 2 is 1.92 bits per heavy atom. The molecule has 0 aliphatic carbocycles. The summed E-state index contributed by atoms with van der Waals surface area (Å²) in [5.41, 5.74) is 0.731. The summed E-state index contributed by atoms with van der Waals surface area (Å²) in [4.78, 5) is 20.9. The predicted octanol–water partition coefficient (Wildman–Crippen LogP) is 3.67. The van der Waals surface area contributed by atoms with Gasteiger partial charge in [0.25, 0.3) is 12.3 Å². The van der Waals surface area contributed by atoms with Crippen molar-refractivity contribution in [3.8, 4) is 0 Å². The number of hydrogen-bond acceptors (Lipinski definition) is 4. The Morgan fingerprint density at radius 3 is 2.60 bits per heavy atom. The summed E-state index contributed by atoms with van der Waals surface area (Å²) in [6, 6.07) is 7.17. The molecule has 3 rings (SSSR count). The number of hydrogen-bond donors (Lipinski definition) is 1. The highest BCUT2D eigenvalue weighted by Gasteiger charge is 2.25. The number of alkyl halides is 2. The number of amides is 1. The molecule has 0 unspecified atom stereocenters. The van der Waals surface area contributed by atoms with E-state index in [0.717, 1.165) is 6.20 Å². The van der Waals surface area contributed by atoms with E-state index in [1.54, 1.807) is 18.2 Å². The summed E-state index contributed by atoms with van der Waals surface area (Å²) in [5.74, 6) is -0.366. The van der Waals surface area contributed by atoms with Gasteiger partial charge in [-0.15, -0.1) is 0 Å². The van der Waals surface area contributed by atoms with Crippen LogP contribution in [0.25, 0.3) is 11.0 Å². The first-order valence-electron chi connectivity index (χ1n) is 7.82. The number of halogens is 2. The van der Waals surface area contributed by atoms with E-state index in [-0.39, 0.29) is 23.0 Å². The van der Waals surface area contributed by atoms with E-state index >= 15 is 0 Å². The Hall–Kier alpha value is -2.90. The number of nitrogens with one attached hydrogen (secondary N) is 1. The van der Waals surface area contributed by atoms with Crippen molar-refractivity contribution >= 4 is 22.8 Å². The van der Waals surface area contributed by atoms with Crippen molar-refractivity contribution in [2.75, 3.05) is 5.32 Å². The molecule has 0 fully saturated rings. The Labute approximate surface area is 142 Å². The first-order valence-corrected chi connectivity index (χ1v) is 7.82. The number of carbonyl (C=O) groups is 1. The molecule has 1 aromatic carbocycles. The molecule has 1 amide bonds. The molecule has 0 atom stereocenters. The van der Waals surface area contributed by atoms with Crippen molar-refractivity contribution in [3.63, 3.8) is 0 Å². The van der Waals surface area contributed by atoms with Gasteiger partial charge in [-0.05, 0) is 18.1 Å². The lowest BCUT2D eigenvalue weighted by molar-refractivity contribution is 0.100. The Balaban J connectivity index is 1.88. The molecule has 2 heterocycles. The second-order valence-corrected chi connectivity index (χ2v) is 6.02. The van der Waals surface area contributed by atoms with Crippen molar-refractivity contribution in [2.24, 2.45) is 5.92 Å². The summed E-state index contributed by atoms with van der Waals surface area (Å²) in [5, 5.41) is 6.44. The van der Waals surface area contributed by atoms with Gasteiger partial charge in [-0.1, -0.05) is 26.0 Å². The maximum Gasteiger partial charge on any atom is 0.280 e. The highest BCUT2D eigenvalue weighted by molar-refractivity contribution is 6.04. The molecule has 1 N–H and O–H groups in total. The molecule has 6 nitrogen and oxygen atoms in total. The SMILES string of the molecule is CC(C)Cn1ncc(C(=O)Nc2cnc3ccccc3n2)c1C(F)F. The predicted molar refractivity (Wildman–Crippen MR) is 89.5 cm³/mol. The minimum atomic E-state index is -2.80. The van der Waals surface area contributed by atoms with Gasteiger partial charge >= 0.3 is 0 Å². The molecule has 2 aromatic heterocycles. The molecule has 0 radical (unpaired) electrons. The zero-order chi connectivity index (χ0) is 18.0. The zero-order valence-corrected chi connectivity index (χ0v) is 13.8. The fraction of sp³-hybridized carbons (Fsp3) is 0.294. The van der Waals surface area contributed by atoms with Crippen LogP contribution < -0.4 is 5.32 Å². The van der Waals surface area contributed by atoms with Crippen LogP contribution in [0.2, 0.25) is 0 Å². The quantitative estimate of drug-likeness (QED) is 0.766. The summed E-state index contributed by atoms with van der Waals surface area (Å²) in [6.07, 6.45) is -0.251. The molecule has 8 heteroatoms. The maximum atomic E-state index is 13.4. The molecular weight excluding hydrogens is 328 g/mol. The van der Waals surface area contributed by atoms with Crippen molar-refractivity contribution in [3.05, 3.63) is 47.9 Å². The number of aromatic nitrogens is 4. The standard InChI is InChI=1S/C17H17F2N5O/c1-10(2)9-24-15(16(18)19)11(7-21-24)17(25)23-14-8-20-12-5-3-4-6-13(12)22-14/h3-8,10,16H,9H2,1-2H3,(H,22,23,25). The molecule has 0 bridgehead atoms. The lowest BCUT2D eigenvalue weighted by atomic mass is 10.2. The monoisotopic (exact) mass is 345 g/mol. The molecule has 0 saturated carbocycles. The van der Waals surface area contributed by atoms with Crippen LogP contribution in [0.4, 0.5) is 14.6 Å². The van der Waals surface area contributed by atoms with Gasteiger partial charge in [-0.2, -0.15) is 5.10 Å². The van der Waals surface area contributed by atoms with Crippen LogP contribution in [0.3, 0.4) is 0 Å². The minimum Gasteiger partial charge on any atom is -0.305 e. The van der Waals surface area contributed by atoms with E-state index in [1.807, 2.05) is 19.9 Å². The van der Waals surface area contributed by atoms with Crippen molar-refractivity contribution < 1.29 is 13.6 Å². The van der Waals surface area contributed by atoms with Crippen LogP contribution in [0.1, 0.15) is 36.3 Å². The van der Waals surface area contributed by atoms with Gasteiger partial charge in [0.05, 0.1) is 29.0 Å². The van der Waals surface area contributed by atoms with Crippen LogP contribution in [0.5, 0.6) is 0 Å². The topological polar surface area (TPSA) is 72.7 Å².